The molecule has 0 spiro atoms. The Hall–Kier alpha value is -1.94. The van der Waals surface area contributed by atoms with Crippen LogP contribution in [0.1, 0.15) is 16.7 Å². The molecule has 1 N–H and O–H groups in total. The monoisotopic (exact) mass is 329 g/mol. The summed E-state index contributed by atoms with van der Waals surface area (Å²) in [4.78, 5) is 11.8. The number of benzene rings is 2. The molecule has 1 amide bonds. The lowest BCUT2D eigenvalue weighted by molar-refractivity contribution is -0.122. The Morgan fingerprint density at radius 3 is 2.65 bits per heavy atom. The number of hydrogen-bond acceptors (Lipinski definition) is 3. The predicted molar refractivity (Wildman–Crippen MR) is 97.0 cm³/mol. The lowest BCUT2D eigenvalue weighted by Gasteiger charge is -2.11. The molecule has 0 saturated carbocycles. The number of carbonyl (C=O) groups is 1. The summed E-state index contributed by atoms with van der Waals surface area (Å²) in [5.41, 5.74) is 3.56. The van der Waals surface area contributed by atoms with Crippen molar-refractivity contribution in [2.45, 2.75) is 19.6 Å². The summed E-state index contributed by atoms with van der Waals surface area (Å²) in [7, 11) is 0. The Kier molecular flexibility index (Phi) is 7.01. The third kappa shape index (κ3) is 5.99. The van der Waals surface area contributed by atoms with Gasteiger partial charge in [-0.2, -0.15) is 11.8 Å². The van der Waals surface area contributed by atoms with Crippen LogP contribution >= 0.6 is 11.8 Å². The first kappa shape index (κ1) is 17.4. The van der Waals surface area contributed by atoms with E-state index in [9.17, 15) is 4.79 Å². The van der Waals surface area contributed by atoms with E-state index in [0.717, 1.165) is 22.8 Å². The first-order chi connectivity index (χ1) is 11.2. The quantitative estimate of drug-likeness (QED) is 0.750. The molecule has 2 aromatic rings. The second kappa shape index (κ2) is 9.26. The van der Waals surface area contributed by atoms with Crippen molar-refractivity contribution in [2.75, 3.05) is 18.9 Å². The van der Waals surface area contributed by atoms with E-state index in [-0.39, 0.29) is 12.5 Å². The molecule has 0 aliphatic rings. The summed E-state index contributed by atoms with van der Waals surface area (Å²) >= 11 is 1.81. The first-order valence-corrected chi connectivity index (χ1v) is 8.89. The van der Waals surface area contributed by atoms with E-state index in [1.807, 2.05) is 62.0 Å². The van der Waals surface area contributed by atoms with Gasteiger partial charge >= 0.3 is 0 Å². The lowest BCUT2D eigenvalue weighted by atomic mass is 10.1. The van der Waals surface area contributed by atoms with Crippen LogP contribution in [0.25, 0.3) is 0 Å². The zero-order valence-corrected chi connectivity index (χ0v) is 14.5. The largest absolute Gasteiger partial charge is 0.483 e. The van der Waals surface area contributed by atoms with Crippen LogP contribution in [0.4, 0.5) is 0 Å². The molecule has 23 heavy (non-hydrogen) atoms. The summed E-state index contributed by atoms with van der Waals surface area (Å²) < 4.78 is 5.59. The van der Waals surface area contributed by atoms with Crippen molar-refractivity contribution in [1.82, 2.24) is 5.32 Å². The number of rotatable bonds is 8. The number of aryl methyl sites for hydroxylation is 1. The molecule has 0 unspecified atom stereocenters. The molecule has 0 aliphatic heterocycles. The van der Waals surface area contributed by atoms with Crippen LogP contribution in [0.5, 0.6) is 5.75 Å². The molecule has 0 aliphatic carbocycles. The van der Waals surface area contributed by atoms with Crippen LogP contribution in [0.2, 0.25) is 0 Å². The molecule has 2 aromatic carbocycles. The van der Waals surface area contributed by atoms with Crippen molar-refractivity contribution >= 4 is 17.7 Å². The molecule has 2 rings (SSSR count). The summed E-state index contributed by atoms with van der Waals surface area (Å²) in [6.45, 7) is 4.76. The summed E-state index contributed by atoms with van der Waals surface area (Å²) in [5, 5.41) is 2.89. The van der Waals surface area contributed by atoms with Gasteiger partial charge in [0, 0.05) is 18.1 Å². The molecule has 3 nitrogen and oxygen atoms in total. The molecule has 0 bridgehead atoms. The fraction of sp³-hybridized carbons (Fsp3) is 0.316. The van der Waals surface area contributed by atoms with Crippen LogP contribution in [0.15, 0.2) is 48.5 Å². The van der Waals surface area contributed by atoms with Gasteiger partial charge in [0.1, 0.15) is 5.75 Å². The minimum atomic E-state index is -0.0776. The highest BCUT2D eigenvalue weighted by atomic mass is 32.2. The standard InChI is InChI=1S/C19H23NO2S/c1-15-7-6-10-18(16(15)2)22-13-19(21)20-11-12-23-14-17-8-4-3-5-9-17/h3-10H,11-14H2,1-2H3,(H,20,21). The van der Waals surface area contributed by atoms with Crippen LogP contribution in [0.3, 0.4) is 0 Å². The molecule has 0 aromatic heterocycles. The van der Waals surface area contributed by atoms with E-state index in [0.29, 0.717) is 6.54 Å². The maximum Gasteiger partial charge on any atom is 0.257 e. The predicted octanol–water partition coefficient (Wildman–Crippen LogP) is 3.73. The number of thioether (sulfide) groups is 1. The third-order valence-corrected chi connectivity index (χ3v) is 4.62. The van der Waals surface area contributed by atoms with Crippen molar-refractivity contribution in [3.8, 4) is 5.75 Å². The average Bonchev–Trinajstić information content (AvgIpc) is 2.57. The SMILES string of the molecule is Cc1cccc(OCC(=O)NCCSCc2ccccc2)c1C. The maximum atomic E-state index is 11.8. The van der Waals surface area contributed by atoms with Crippen molar-refractivity contribution in [2.24, 2.45) is 0 Å². The highest BCUT2D eigenvalue weighted by Crippen LogP contribution is 2.20. The second-order valence-electron chi connectivity index (χ2n) is 5.37. The van der Waals surface area contributed by atoms with Gasteiger partial charge in [0.2, 0.25) is 0 Å². The summed E-state index contributed by atoms with van der Waals surface area (Å²) in [6, 6.07) is 16.2. The van der Waals surface area contributed by atoms with Gasteiger partial charge in [-0.25, -0.2) is 0 Å². The van der Waals surface area contributed by atoms with E-state index < -0.39 is 0 Å². The smallest absolute Gasteiger partial charge is 0.257 e. The van der Waals surface area contributed by atoms with Gasteiger partial charge in [0.25, 0.3) is 5.91 Å². The molecular formula is C19H23NO2S. The van der Waals surface area contributed by atoms with E-state index in [2.05, 4.69) is 17.4 Å². The van der Waals surface area contributed by atoms with Crippen LogP contribution < -0.4 is 10.1 Å². The highest BCUT2D eigenvalue weighted by molar-refractivity contribution is 7.98. The zero-order chi connectivity index (χ0) is 16.5. The first-order valence-electron chi connectivity index (χ1n) is 7.74. The molecule has 4 heteroatoms. The molecule has 0 atom stereocenters. The van der Waals surface area contributed by atoms with Gasteiger partial charge in [-0.05, 0) is 36.6 Å². The Labute approximate surface area is 142 Å². The van der Waals surface area contributed by atoms with Crippen molar-refractivity contribution < 1.29 is 9.53 Å². The van der Waals surface area contributed by atoms with E-state index in [1.54, 1.807) is 0 Å². The minimum absolute atomic E-state index is 0.0631. The van der Waals surface area contributed by atoms with Gasteiger partial charge in [0.05, 0.1) is 0 Å². The Balaban J connectivity index is 1.61. The Morgan fingerprint density at radius 1 is 1.09 bits per heavy atom. The Bertz CT molecular complexity index is 629. The molecular weight excluding hydrogens is 306 g/mol. The van der Waals surface area contributed by atoms with E-state index >= 15 is 0 Å². The summed E-state index contributed by atoms with van der Waals surface area (Å²) in [5.74, 6) is 2.56. The normalized spacial score (nSPS) is 10.3. The zero-order valence-electron chi connectivity index (χ0n) is 13.7. The van der Waals surface area contributed by atoms with Gasteiger partial charge in [0.15, 0.2) is 6.61 Å². The molecule has 0 fully saturated rings. The van der Waals surface area contributed by atoms with E-state index in [1.165, 1.54) is 11.1 Å². The number of amides is 1. The number of nitrogens with one attached hydrogen (secondary N) is 1. The molecule has 0 radical (unpaired) electrons. The second-order valence-corrected chi connectivity index (χ2v) is 6.48. The third-order valence-electron chi connectivity index (χ3n) is 3.59. The molecule has 0 saturated heterocycles. The molecule has 122 valence electrons. The minimum Gasteiger partial charge on any atom is -0.483 e. The van der Waals surface area contributed by atoms with Crippen LogP contribution in [-0.4, -0.2) is 24.8 Å². The maximum absolute atomic E-state index is 11.8. The number of carbonyl (C=O) groups excluding carboxylic acids is 1. The van der Waals surface area contributed by atoms with Gasteiger partial charge in [-0.15, -0.1) is 0 Å². The van der Waals surface area contributed by atoms with Crippen molar-refractivity contribution in [3.63, 3.8) is 0 Å². The van der Waals surface area contributed by atoms with Crippen molar-refractivity contribution in [1.29, 1.82) is 0 Å². The topological polar surface area (TPSA) is 38.3 Å². The van der Waals surface area contributed by atoms with Crippen LogP contribution in [0, 0.1) is 13.8 Å². The van der Waals surface area contributed by atoms with E-state index in [4.69, 9.17) is 4.74 Å². The number of hydrogen-bond donors (Lipinski definition) is 1. The number of ether oxygens (including phenoxy) is 1. The fourth-order valence-electron chi connectivity index (χ4n) is 2.10. The van der Waals surface area contributed by atoms with Gasteiger partial charge in [-0.3, -0.25) is 4.79 Å². The van der Waals surface area contributed by atoms with Gasteiger partial charge in [-0.1, -0.05) is 42.5 Å². The average molecular weight is 329 g/mol. The highest BCUT2D eigenvalue weighted by Gasteiger charge is 2.05. The fourth-order valence-corrected chi connectivity index (χ4v) is 2.92. The summed E-state index contributed by atoms with van der Waals surface area (Å²) in [6.07, 6.45) is 0. The molecule has 0 heterocycles. The van der Waals surface area contributed by atoms with Crippen molar-refractivity contribution in [3.05, 3.63) is 65.2 Å². The van der Waals surface area contributed by atoms with Crippen LogP contribution in [-0.2, 0) is 10.5 Å². The lowest BCUT2D eigenvalue weighted by Crippen LogP contribution is -2.30. The van der Waals surface area contributed by atoms with Gasteiger partial charge < -0.3 is 10.1 Å². The Morgan fingerprint density at radius 2 is 1.87 bits per heavy atom.